The van der Waals surface area contributed by atoms with E-state index in [4.69, 9.17) is 0 Å². The first-order valence-electron chi connectivity index (χ1n) is 9.62. The van der Waals surface area contributed by atoms with Gasteiger partial charge in [0.05, 0.1) is 11.9 Å². The van der Waals surface area contributed by atoms with E-state index in [1.807, 2.05) is 29.1 Å². The van der Waals surface area contributed by atoms with E-state index in [9.17, 15) is 0 Å². The zero-order valence-corrected chi connectivity index (χ0v) is 15.6. The molecule has 0 bridgehead atoms. The average molecular weight is 358 g/mol. The molecule has 0 N–H and O–H groups in total. The third-order valence-electron chi connectivity index (χ3n) is 5.00. The smallest absolute Gasteiger partial charge is 0.0645 e. The second-order valence-corrected chi connectivity index (χ2v) is 7.02. The number of nitrogens with zero attached hydrogens (tertiary/aromatic N) is 4. The quantitative estimate of drug-likeness (QED) is 0.671. The molecule has 0 amide bonds. The van der Waals surface area contributed by atoms with Crippen LogP contribution in [0.2, 0.25) is 0 Å². The molecule has 0 atom stereocenters. The summed E-state index contributed by atoms with van der Waals surface area (Å²) in [6, 6.07) is 20.8. The van der Waals surface area contributed by atoms with Crippen molar-refractivity contribution in [2.45, 2.75) is 6.54 Å². The van der Waals surface area contributed by atoms with E-state index in [0.29, 0.717) is 0 Å². The number of hydrogen-bond acceptors (Lipinski definition) is 3. The minimum Gasteiger partial charge on any atom is -0.297 e. The lowest BCUT2D eigenvalue weighted by molar-refractivity contribution is 0.137. The predicted molar refractivity (Wildman–Crippen MR) is 111 cm³/mol. The second kappa shape index (κ2) is 8.80. The standard InChI is InChI=1S/C23H26N4/c1-3-8-21(9-4-1)10-7-13-25-14-16-26(17-15-25)19-22-18-24-27(20-22)23-11-5-2-6-12-23/h1-12,18,20H,13-17,19H2/b10-7+. The van der Waals surface area contributed by atoms with E-state index in [1.54, 1.807) is 0 Å². The molecule has 27 heavy (non-hydrogen) atoms. The number of piperazine rings is 1. The third-order valence-corrected chi connectivity index (χ3v) is 5.00. The predicted octanol–water partition coefficient (Wildman–Crippen LogP) is 3.70. The van der Waals surface area contributed by atoms with Crippen LogP contribution in [-0.2, 0) is 6.54 Å². The molecular weight excluding hydrogens is 332 g/mol. The first kappa shape index (κ1) is 17.7. The zero-order chi connectivity index (χ0) is 18.3. The van der Waals surface area contributed by atoms with Gasteiger partial charge < -0.3 is 0 Å². The first-order chi connectivity index (χ1) is 13.4. The monoisotopic (exact) mass is 358 g/mol. The van der Waals surface area contributed by atoms with E-state index in [0.717, 1.165) is 45.0 Å². The van der Waals surface area contributed by atoms with Crippen LogP contribution in [-0.4, -0.2) is 52.3 Å². The summed E-state index contributed by atoms with van der Waals surface area (Å²) in [7, 11) is 0. The van der Waals surface area contributed by atoms with Gasteiger partial charge in [-0.1, -0.05) is 60.7 Å². The molecule has 1 fully saturated rings. The van der Waals surface area contributed by atoms with Gasteiger partial charge in [-0.15, -0.1) is 0 Å². The summed E-state index contributed by atoms with van der Waals surface area (Å²) >= 11 is 0. The van der Waals surface area contributed by atoms with Crippen molar-refractivity contribution < 1.29 is 0 Å². The average Bonchev–Trinajstić information content (AvgIpc) is 3.19. The largest absolute Gasteiger partial charge is 0.297 e. The summed E-state index contributed by atoms with van der Waals surface area (Å²) in [5, 5.41) is 4.51. The number of rotatable bonds is 6. The molecule has 0 spiro atoms. The molecule has 0 aliphatic carbocycles. The summed E-state index contributed by atoms with van der Waals surface area (Å²) in [4.78, 5) is 5.03. The highest BCUT2D eigenvalue weighted by Crippen LogP contribution is 2.11. The Bertz CT molecular complexity index is 846. The van der Waals surface area contributed by atoms with E-state index >= 15 is 0 Å². The number of aromatic nitrogens is 2. The number of hydrogen-bond donors (Lipinski definition) is 0. The van der Waals surface area contributed by atoms with Crippen molar-refractivity contribution in [3.63, 3.8) is 0 Å². The number of benzene rings is 2. The van der Waals surface area contributed by atoms with Crippen LogP contribution in [0, 0.1) is 0 Å². The summed E-state index contributed by atoms with van der Waals surface area (Å²) in [6.45, 7) is 6.44. The van der Waals surface area contributed by atoms with Crippen molar-refractivity contribution in [1.29, 1.82) is 0 Å². The van der Waals surface area contributed by atoms with Gasteiger partial charge in [0.1, 0.15) is 0 Å². The van der Waals surface area contributed by atoms with Gasteiger partial charge in [0.2, 0.25) is 0 Å². The van der Waals surface area contributed by atoms with Crippen LogP contribution in [0.1, 0.15) is 11.1 Å². The summed E-state index contributed by atoms with van der Waals surface area (Å²) < 4.78 is 1.96. The highest BCUT2D eigenvalue weighted by Gasteiger charge is 2.16. The van der Waals surface area contributed by atoms with Gasteiger partial charge >= 0.3 is 0 Å². The minimum atomic E-state index is 0.973. The Labute approximate surface area is 161 Å². The maximum absolute atomic E-state index is 4.51. The van der Waals surface area contributed by atoms with E-state index in [2.05, 4.69) is 75.7 Å². The van der Waals surface area contributed by atoms with Crippen molar-refractivity contribution in [2.75, 3.05) is 32.7 Å². The Morgan fingerprint density at radius 2 is 1.48 bits per heavy atom. The lowest BCUT2D eigenvalue weighted by Gasteiger charge is -2.33. The number of para-hydroxylation sites is 1. The Hall–Kier alpha value is -2.69. The normalized spacial score (nSPS) is 16.1. The van der Waals surface area contributed by atoms with Crippen LogP contribution in [0.4, 0.5) is 0 Å². The van der Waals surface area contributed by atoms with Crippen LogP contribution in [0.3, 0.4) is 0 Å². The fraction of sp³-hybridized carbons (Fsp3) is 0.261. The molecular formula is C23H26N4. The molecule has 1 aromatic heterocycles. The molecule has 0 unspecified atom stereocenters. The molecule has 138 valence electrons. The van der Waals surface area contributed by atoms with Crippen molar-refractivity contribution in [3.8, 4) is 5.69 Å². The molecule has 4 heteroatoms. The van der Waals surface area contributed by atoms with Gasteiger partial charge in [0.25, 0.3) is 0 Å². The van der Waals surface area contributed by atoms with Gasteiger partial charge in [-0.3, -0.25) is 9.80 Å². The van der Waals surface area contributed by atoms with Crippen LogP contribution in [0.25, 0.3) is 11.8 Å². The second-order valence-electron chi connectivity index (χ2n) is 7.02. The van der Waals surface area contributed by atoms with Gasteiger partial charge in [-0.25, -0.2) is 4.68 Å². The maximum atomic E-state index is 4.51. The van der Waals surface area contributed by atoms with Crippen molar-refractivity contribution in [1.82, 2.24) is 19.6 Å². The zero-order valence-electron chi connectivity index (χ0n) is 15.6. The fourth-order valence-corrected chi connectivity index (χ4v) is 3.45. The molecule has 1 aliphatic rings. The Kier molecular flexibility index (Phi) is 5.77. The maximum Gasteiger partial charge on any atom is 0.0645 e. The van der Waals surface area contributed by atoms with Crippen LogP contribution >= 0.6 is 0 Å². The molecule has 0 radical (unpaired) electrons. The molecule has 0 saturated carbocycles. The topological polar surface area (TPSA) is 24.3 Å². The highest BCUT2D eigenvalue weighted by atomic mass is 15.3. The van der Waals surface area contributed by atoms with Crippen molar-refractivity contribution in [3.05, 3.63) is 90.3 Å². The fourth-order valence-electron chi connectivity index (χ4n) is 3.45. The van der Waals surface area contributed by atoms with E-state index in [-0.39, 0.29) is 0 Å². The van der Waals surface area contributed by atoms with E-state index in [1.165, 1.54) is 11.1 Å². The van der Waals surface area contributed by atoms with E-state index < -0.39 is 0 Å². The molecule has 3 aromatic rings. The molecule has 4 nitrogen and oxygen atoms in total. The highest BCUT2D eigenvalue weighted by molar-refractivity contribution is 5.48. The van der Waals surface area contributed by atoms with Crippen molar-refractivity contribution >= 4 is 6.08 Å². The van der Waals surface area contributed by atoms with Crippen LogP contribution < -0.4 is 0 Å². The van der Waals surface area contributed by atoms with Gasteiger partial charge in [-0.2, -0.15) is 5.10 Å². The lowest BCUT2D eigenvalue weighted by atomic mass is 10.2. The SMILES string of the molecule is C(=C\c1ccccc1)/CN1CCN(Cc2cnn(-c3ccccc3)c2)CC1. The molecule has 2 heterocycles. The Balaban J connectivity index is 1.24. The van der Waals surface area contributed by atoms with Gasteiger partial charge in [0, 0.05) is 51.0 Å². The lowest BCUT2D eigenvalue weighted by Crippen LogP contribution is -2.45. The molecule has 1 aliphatic heterocycles. The molecule has 4 rings (SSSR count). The summed E-state index contributed by atoms with van der Waals surface area (Å²) in [5.74, 6) is 0. The van der Waals surface area contributed by atoms with Gasteiger partial charge in [0.15, 0.2) is 0 Å². The third kappa shape index (κ3) is 4.94. The Morgan fingerprint density at radius 3 is 2.22 bits per heavy atom. The summed E-state index contributed by atoms with van der Waals surface area (Å²) in [5.41, 5.74) is 3.65. The van der Waals surface area contributed by atoms with Crippen LogP contribution in [0.5, 0.6) is 0 Å². The summed E-state index contributed by atoms with van der Waals surface area (Å²) in [6.07, 6.45) is 8.62. The van der Waals surface area contributed by atoms with Crippen LogP contribution in [0.15, 0.2) is 79.1 Å². The first-order valence-corrected chi connectivity index (χ1v) is 9.62. The molecule has 2 aromatic carbocycles. The molecule has 1 saturated heterocycles. The van der Waals surface area contributed by atoms with Gasteiger partial charge in [-0.05, 0) is 17.7 Å². The minimum absolute atomic E-state index is 0.973. The Morgan fingerprint density at radius 1 is 0.815 bits per heavy atom. The van der Waals surface area contributed by atoms with Crippen molar-refractivity contribution in [2.24, 2.45) is 0 Å².